The maximum absolute atomic E-state index is 13.3. The number of carbonyl (C=O) groups excluding carboxylic acids is 2. The molecule has 0 saturated heterocycles. The van der Waals surface area contributed by atoms with Gasteiger partial charge in [-0.3, -0.25) is 14.3 Å². The number of alkyl halides is 3. The van der Waals surface area contributed by atoms with Gasteiger partial charge in [0.25, 0.3) is 5.91 Å². The van der Waals surface area contributed by atoms with Crippen molar-refractivity contribution in [3.05, 3.63) is 82.7 Å². The minimum absolute atomic E-state index is 0.162. The van der Waals surface area contributed by atoms with Crippen LogP contribution in [-0.4, -0.2) is 21.5 Å². The van der Waals surface area contributed by atoms with Crippen LogP contribution in [0, 0.1) is 6.92 Å². The van der Waals surface area contributed by atoms with Crippen molar-refractivity contribution in [2.24, 2.45) is 0 Å². The van der Waals surface area contributed by atoms with Crippen LogP contribution in [0.1, 0.15) is 62.8 Å². The number of ketones is 1. The maximum atomic E-state index is 13.3. The number of hydrogen-bond acceptors (Lipinski definition) is 3. The van der Waals surface area contributed by atoms with Gasteiger partial charge in [-0.05, 0) is 50.1 Å². The molecule has 2 aromatic carbocycles. The highest BCUT2D eigenvalue weighted by molar-refractivity contribution is 6.10. The fourth-order valence-corrected chi connectivity index (χ4v) is 3.92. The molecule has 0 spiro atoms. The van der Waals surface area contributed by atoms with Crippen molar-refractivity contribution < 1.29 is 22.8 Å². The molecule has 4 rings (SSSR count). The van der Waals surface area contributed by atoms with E-state index < -0.39 is 17.7 Å². The lowest BCUT2D eigenvalue weighted by Gasteiger charge is -2.28. The van der Waals surface area contributed by atoms with Gasteiger partial charge in [0.15, 0.2) is 5.78 Å². The first-order valence-electron chi connectivity index (χ1n) is 9.82. The van der Waals surface area contributed by atoms with Crippen LogP contribution < -0.4 is 5.32 Å². The number of benzene rings is 2. The molecule has 0 bridgehead atoms. The summed E-state index contributed by atoms with van der Waals surface area (Å²) in [5, 5.41) is 7.01. The fourth-order valence-electron chi connectivity index (χ4n) is 3.92. The number of aromatic nitrogens is 2. The quantitative estimate of drug-likeness (QED) is 0.609. The van der Waals surface area contributed by atoms with E-state index in [9.17, 15) is 22.8 Å². The number of nitrogens with one attached hydrogen (secondary N) is 1. The summed E-state index contributed by atoms with van der Waals surface area (Å²) in [6, 6.07) is 11.5. The third-order valence-corrected chi connectivity index (χ3v) is 5.51. The number of Topliss-reactive ketones (excluding diaryl/α,β-unsaturated/α-hetero) is 1. The van der Waals surface area contributed by atoms with Crippen molar-refractivity contribution in [3.8, 4) is 0 Å². The lowest BCUT2D eigenvalue weighted by Crippen LogP contribution is -2.29. The van der Waals surface area contributed by atoms with Crippen molar-refractivity contribution in [1.29, 1.82) is 0 Å². The molecule has 0 fully saturated rings. The molecule has 160 valence electrons. The Morgan fingerprint density at radius 3 is 2.52 bits per heavy atom. The average molecular weight is 427 g/mol. The van der Waals surface area contributed by atoms with Crippen LogP contribution in [0.25, 0.3) is 0 Å². The summed E-state index contributed by atoms with van der Waals surface area (Å²) in [5.74, 6) is -1.26. The van der Waals surface area contributed by atoms with Gasteiger partial charge in [-0.25, -0.2) is 0 Å². The highest BCUT2D eigenvalue weighted by Gasteiger charge is 2.37. The van der Waals surface area contributed by atoms with E-state index in [2.05, 4.69) is 10.4 Å². The summed E-state index contributed by atoms with van der Waals surface area (Å²) in [4.78, 5) is 25.9. The zero-order valence-corrected chi connectivity index (χ0v) is 16.9. The number of halogens is 3. The molecule has 8 heteroatoms. The van der Waals surface area contributed by atoms with Gasteiger partial charge < -0.3 is 5.32 Å². The summed E-state index contributed by atoms with van der Waals surface area (Å²) >= 11 is 0. The lowest BCUT2D eigenvalue weighted by molar-refractivity contribution is -0.137. The van der Waals surface area contributed by atoms with Gasteiger partial charge in [-0.1, -0.05) is 29.8 Å². The molecule has 2 atom stereocenters. The van der Waals surface area contributed by atoms with Crippen LogP contribution in [0.3, 0.4) is 0 Å². The molecule has 1 aromatic heterocycles. The minimum Gasteiger partial charge on any atom is -0.319 e. The molecule has 1 amide bonds. The van der Waals surface area contributed by atoms with E-state index in [-0.39, 0.29) is 23.4 Å². The molecular weight excluding hydrogens is 407 g/mol. The second kappa shape index (κ2) is 7.68. The molecular formula is C23H20F3N3O2. The van der Waals surface area contributed by atoms with Crippen LogP contribution in [0.15, 0.2) is 54.7 Å². The highest BCUT2D eigenvalue weighted by Crippen LogP contribution is 2.39. The topological polar surface area (TPSA) is 64.0 Å². The second-order valence-electron chi connectivity index (χ2n) is 7.80. The SMILES string of the molecule is Cc1cccc(C(=O)Nc2cnn3c2C(=O)C(c2ccc(C(F)(F)F)cc2)C[C@@H]3C)c1. The van der Waals surface area contributed by atoms with Crippen LogP contribution >= 0.6 is 0 Å². The average Bonchev–Trinajstić information content (AvgIpc) is 3.14. The van der Waals surface area contributed by atoms with E-state index in [1.54, 1.807) is 22.9 Å². The van der Waals surface area contributed by atoms with Crippen molar-refractivity contribution in [2.75, 3.05) is 5.32 Å². The van der Waals surface area contributed by atoms with E-state index in [4.69, 9.17) is 0 Å². The summed E-state index contributed by atoms with van der Waals surface area (Å²) in [7, 11) is 0. The number of amides is 1. The van der Waals surface area contributed by atoms with Crippen LogP contribution in [-0.2, 0) is 6.18 Å². The Balaban J connectivity index is 1.63. The number of carbonyl (C=O) groups is 2. The lowest BCUT2D eigenvalue weighted by atomic mass is 9.84. The zero-order valence-electron chi connectivity index (χ0n) is 16.9. The number of fused-ring (bicyclic) bond motifs is 1. The standard InChI is InChI=1S/C23H20F3N3O2/c1-13-4-3-5-16(10-13)22(31)28-19-12-27-29-14(2)11-18(21(30)20(19)29)15-6-8-17(9-7-15)23(24,25)26/h3-10,12,14,18H,11H2,1-2H3,(H,28,31)/t14-,18?/m0/s1. The van der Waals surface area contributed by atoms with Crippen molar-refractivity contribution in [2.45, 2.75) is 38.4 Å². The van der Waals surface area contributed by atoms with Gasteiger partial charge in [0.05, 0.1) is 29.4 Å². The first-order valence-corrected chi connectivity index (χ1v) is 9.82. The number of aryl methyl sites for hydroxylation is 1. The monoisotopic (exact) mass is 427 g/mol. The largest absolute Gasteiger partial charge is 0.416 e. The summed E-state index contributed by atoms with van der Waals surface area (Å²) < 4.78 is 40.2. The Labute approximate surface area is 176 Å². The Bertz CT molecular complexity index is 1150. The first-order chi connectivity index (χ1) is 14.6. The Hall–Kier alpha value is -3.42. The van der Waals surface area contributed by atoms with Crippen molar-refractivity contribution >= 4 is 17.4 Å². The Morgan fingerprint density at radius 1 is 1.16 bits per heavy atom. The summed E-state index contributed by atoms with van der Waals surface area (Å²) in [6.45, 7) is 3.75. The third-order valence-electron chi connectivity index (χ3n) is 5.51. The number of rotatable bonds is 3. The Morgan fingerprint density at radius 2 is 1.87 bits per heavy atom. The normalized spacial score (nSPS) is 18.5. The van der Waals surface area contributed by atoms with Crippen LogP contribution in [0.2, 0.25) is 0 Å². The van der Waals surface area contributed by atoms with Crippen LogP contribution in [0.5, 0.6) is 0 Å². The molecule has 0 radical (unpaired) electrons. The minimum atomic E-state index is -4.44. The molecule has 1 N–H and O–H groups in total. The van der Waals surface area contributed by atoms with Gasteiger partial charge in [0, 0.05) is 5.56 Å². The molecule has 1 aliphatic rings. The molecule has 0 saturated carbocycles. The van der Waals surface area contributed by atoms with E-state index >= 15 is 0 Å². The number of hydrogen-bond donors (Lipinski definition) is 1. The number of nitrogens with zero attached hydrogens (tertiary/aromatic N) is 2. The maximum Gasteiger partial charge on any atom is 0.416 e. The smallest absolute Gasteiger partial charge is 0.319 e. The summed E-state index contributed by atoms with van der Waals surface area (Å²) in [6.07, 6.45) is -2.59. The van der Waals surface area contributed by atoms with Crippen molar-refractivity contribution in [1.82, 2.24) is 9.78 Å². The number of anilines is 1. The molecule has 1 unspecified atom stereocenters. The molecule has 5 nitrogen and oxygen atoms in total. The third kappa shape index (κ3) is 3.97. The molecule has 31 heavy (non-hydrogen) atoms. The molecule has 3 aromatic rings. The predicted octanol–water partition coefficient (Wildman–Crippen LogP) is 5.39. The fraction of sp³-hybridized carbons (Fsp3) is 0.261. The first kappa shape index (κ1) is 20.8. The molecule has 0 aliphatic carbocycles. The van der Waals surface area contributed by atoms with E-state index in [1.165, 1.54) is 18.3 Å². The summed E-state index contributed by atoms with van der Waals surface area (Å²) in [5.41, 5.74) is 1.67. The Kier molecular flexibility index (Phi) is 5.16. The van der Waals surface area contributed by atoms with Gasteiger partial charge in [0.1, 0.15) is 5.69 Å². The van der Waals surface area contributed by atoms with Gasteiger partial charge in [0.2, 0.25) is 0 Å². The van der Waals surface area contributed by atoms with Gasteiger partial charge in [-0.2, -0.15) is 18.3 Å². The molecule has 2 heterocycles. The van der Waals surface area contributed by atoms with E-state index in [0.717, 1.165) is 17.7 Å². The van der Waals surface area contributed by atoms with E-state index in [0.29, 0.717) is 23.2 Å². The van der Waals surface area contributed by atoms with Gasteiger partial charge in [-0.15, -0.1) is 0 Å². The second-order valence-corrected chi connectivity index (χ2v) is 7.80. The van der Waals surface area contributed by atoms with E-state index in [1.807, 2.05) is 19.9 Å². The van der Waals surface area contributed by atoms with Crippen molar-refractivity contribution in [3.63, 3.8) is 0 Å². The highest BCUT2D eigenvalue weighted by atomic mass is 19.4. The predicted molar refractivity (Wildman–Crippen MR) is 109 cm³/mol. The van der Waals surface area contributed by atoms with Gasteiger partial charge >= 0.3 is 6.18 Å². The molecule has 1 aliphatic heterocycles. The zero-order chi connectivity index (χ0) is 22.3. The van der Waals surface area contributed by atoms with Crippen LogP contribution in [0.4, 0.5) is 18.9 Å².